The van der Waals surface area contributed by atoms with Crippen LogP contribution in [0.15, 0.2) is 28.7 Å². The fraction of sp³-hybridized carbons (Fsp3) is 0.571. The summed E-state index contributed by atoms with van der Waals surface area (Å²) in [6.45, 7) is 2.11. The molecule has 1 fully saturated rings. The molecular formula is C14H20BrNO. The molecule has 0 saturated heterocycles. The molecule has 1 aliphatic rings. The molecule has 1 aliphatic carbocycles. The molecule has 0 spiro atoms. The average Bonchev–Trinajstić information content (AvgIpc) is 2.27. The standard InChI is InChI=1S/C14H20BrNO/c1-2-13(16)14(17-12-7-4-8-12)10-5-3-6-11(15)9-10/h3,5-6,9,12-14H,2,4,7-8,16H2,1H3. The maximum atomic E-state index is 6.19. The Labute approximate surface area is 112 Å². The molecule has 0 radical (unpaired) electrons. The van der Waals surface area contributed by atoms with Crippen molar-refractivity contribution in [2.45, 2.75) is 50.9 Å². The van der Waals surface area contributed by atoms with Crippen molar-refractivity contribution in [1.82, 2.24) is 0 Å². The fourth-order valence-electron chi connectivity index (χ4n) is 2.04. The third-order valence-electron chi connectivity index (χ3n) is 3.43. The lowest BCUT2D eigenvalue weighted by atomic mass is 9.94. The van der Waals surface area contributed by atoms with E-state index in [0.29, 0.717) is 6.10 Å². The van der Waals surface area contributed by atoms with Gasteiger partial charge < -0.3 is 10.5 Å². The first-order chi connectivity index (χ1) is 8.20. The Morgan fingerprint density at radius 1 is 1.47 bits per heavy atom. The van der Waals surface area contributed by atoms with Gasteiger partial charge in [-0.3, -0.25) is 0 Å². The van der Waals surface area contributed by atoms with Gasteiger partial charge in [0, 0.05) is 10.5 Å². The monoisotopic (exact) mass is 297 g/mol. The molecule has 2 nitrogen and oxygen atoms in total. The number of hydrogen-bond acceptors (Lipinski definition) is 2. The van der Waals surface area contributed by atoms with Gasteiger partial charge in [0.2, 0.25) is 0 Å². The van der Waals surface area contributed by atoms with Crippen LogP contribution in [0.25, 0.3) is 0 Å². The topological polar surface area (TPSA) is 35.2 Å². The molecular weight excluding hydrogens is 278 g/mol. The van der Waals surface area contributed by atoms with Gasteiger partial charge in [-0.25, -0.2) is 0 Å². The molecule has 0 bridgehead atoms. The summed E-state index contributed by atoms with van der Waals surface area (Å²) < 4.78 is 7.22. The molecule has 0 heterocycles. The fourth-order valence-corrected chi connectivity index (χ4v) is 2.46. The SMILES string of the molecule is CCC(N)C(OC1CCC1)c1cccc(Br)c1. The zero-order chi connectivity index (χ0) is 12.3. The maximum Gasteiger partial charge on any atom is 0.0979 e. The summed E-state index contributed by atoms with van der Waals surface area (Å²) in [7, 11) is 0. The first-order valence-electron chi connectivity index (χ1n) is 6.37. The number of ether oxygens (including phenoxy) is 1. The quantitative estimate of drug-likeness (QED) is 0.897. The van der Waals surface area contributed by atoms with Crippen LogP contribution < -0.4 is 5.73 Å². The Morgan fingerprint density at radius 2 is 2.24 bits per heavy atom. The van der Waals surface area contributed by atoms with Gasteiger partial charge in [-0.05, 0) is 43.4 Å². The van der Waals surface area contributed by atoms with Crippen molar-refractivity contribution in [2.24, 2.45) is 5.73 Å². The normalized spacial score (nSPS) is 19.7. The van der Waals surface area contributed by atoms with Gasteiger partial charge in [0.25, 0.3) is 0 Å². The van der Waals surface area contributed by atoms with E-state index in [4.69, 9.17) is 10.5 Å². The summed E-state index contributed by atoms with van der Waals surface area (Å²) >= 11 is 3.50. The van der Waals surface area contributed by atoms with Crippen molar-refractivity contribution < 1.29 is 4.74 Å². The Bertz CT molecular complexity index is 365. The lowest BCUT2D eigenvalue weighted by Crippen LogP contribution is -2.34. The van der Waals surface area contributed by atoms with Crippen LogP contribution in [-0.4, -0.2) is 12.1 Å². The number of rotatable bonds is 5. The van der Waals surface area contributed by atoms with E-state index < -0.39 is 0 Å². The smallest absolute Gasteiger partial charge is 0.0979 e. The van der Waals surface area contributed by atoms with Crippen LogP contribution in [0, 0.1) is 0 Å². The van der Waals surface area contributed by atoms with E-state index in [2.05, 4.69) is 35.0 Å². The first kappa shape index (κ1) is 13.1. The Kier molecular flexibility index (Phi) is 4.60. The van der Waals surface area contributed by atoms with Gasteiger partial charge >= 0.3 is 0 Å². The van der Waals surface area contributed by atoms with Gasteiger partial charge in [0.1, 0.15) is 0 Å². The lowest BCUT2D eigenvalue weighted by Gasteiger charge is -2.33. The molecule has 94 valence electrons. The van der Waals surface area contributed by atoms with E-state index in [0.717, 1.165) is 10.9 Å². The largest absolute Gasteiger partial charge is 0.369 e. The number of benzene rings is 1. The summed E-state index contributed by atoms with van der Waals surface area (Å²) in [5.41, 5.74) is 7.37. The van der Waals surface area contributed by atoms with Crippen LogP contribution in [0.5, 0.6) is 0 Å². The number of nitrogens with two attached hydrogens (primary N) is 1. The van der Waals surface area contributed by atoms with Crippen LogP contribution >= 0.6 is 15.9 Å². The molecule has 2 unspecified atom stereocenters. The van der Waals surface area contributed by atoms with Gasteiger partial charge in [-0.1, -0.05) is 35.0 Å². The molecule has 17 heavy (non-hydrogen) atoms. The highest BCUT2D eigenvalue weighted by atomic mass is 79.9. The average molecular weight is 298 g/mol. The van der Waals surface area contributed by atoms with Crippen LogP contribution in [0.4, 0.5) is 0 Å². The summed E-state index contributed by atoms with van der Waals surface area (Å²) in [5, 5.41) is 0. The van der Waals surface area contributed by atoms with Gasteiger partial charge in [0.15, 0.2) is 0 Å². The highest BCUT2D eigenvalue weighted by Gasteiger charge is 2.26. The first-order valence-corrected chi connectivity index (χ1v) is 7.16. The number of halogens is 1. The summed E-state index contributed by atoms with van der Waals surface area (Å²) in [6.07, 6.45) is 5.03. The zero-order valence-electron chi connectivity index (χ0n) is 10.2. The Hall–Kier alpha value is -0.380. The van der Waals surface area contributed by atoms with Crippen molar-refractivity contribution in [3.8, 4) is 0 Å². The predicted octanol–water partition coefficient (Wildman–Crippen LogP) is 3.80. The van der Waals surface area contributed by atoms with Gasteiger partial charge in [-0.15, -0.1) is 0 Å². The minimum Gasteiger partial charge on any atom is -0.369 e. The molecule has 0 aromatic heterocycles. The van der Waals surface area contributed by atoms with Crippen LogP contribution in [0.3, 0.4) is 0 Å². The maximum absolute atomic E-state index is 6.19. The van der Waals surface area contributed by atoms with Crippen LogP contribution in [0.1, 0.15) is 44.3 Å². The second kappa shape index (κ2) is 5.98. The van der Waals surface area contributed by atoms with Crippen LogP contribution in [-0.2, 0) is 4.74 Å². The molecule has 0 aliphatic heterocycles. The van der Waals surface area contributed by atoms with E-state index in [-0.39, 0.29) is 12.1 Å². The summed E-state index contributed by atoms with van der Waals surface area (Å²) in [5.74, 6) is 0. The van der Waals surface area contributed by atoms with E-state index in [1.54, 1.807) is 0 Å². The second-order valence-electron chi connectivity index (χ2n) is 4.74. The summed E-state index contributed by atoms with van der Waals surface area (Å²) in [4.78, 5) is 0. The van der Waals surface area contributed by atoms with Gasteiger partial charge in [-0.2, -0.15) is 0 Å². The molecule has 1 aromatic carbocycles. The molecule has 2 rings (SSSR count). The predicted molar refractivity (Wildman–Crippen MR) is 73.9 cm³/mol. The minimum atomic E-state index is 0.0304. The molecule has 1 aromatic rings. The van der Waals surface area contributed by atoms with Crippen LogP contribution in [0.2, 0.25) is 0 Å². The van der Waals surface area contributed by atoms with Crippen molar-refractivity contribution >= 4 is 15.9 Å². The highest BCUT2D eigenvalue weighted by Crippen LogP contribution is 2.32. The van der Waals surface area contributed by atoms with Crippen molar-refractivity contribution in [2.75, 3.05) is 0 Å². The molecule has 2 atom stereocenters. The third-order valence-corrected chi connectivity index (χ3v) is 3.92. The number of hydrogen-bond donors (Lipinski definition) is 1. The molecule has 3 heteroatoms. The van der Waals surface area contributed by atoms with Crippen molar-refractivity contribution in [3.63, 3.8) is 0 Å². The minimum absolute atomic E-state index is 0.0304. The zero-order valence-corrected chi connectivity index (χ0v) is 11.8. The van der Waals surface area contributed by atoms with Gasteiger partial charge in [0.05, 0.1) is 12.2 Å². The third kappa shape index (κ3) is 3.30. The lowest BCUT2D eigenvalue weighted by molar-refractivity contribution is -0.0638. The summed E-state index contributed by atoms with van der Waals surface area (Å²) in [6, 6.07) is 8.35. The Morgan fingerprint density at radius 3 is 2.76 bits per heavy atom. The van der Waals surface area contributed by atoms with E-state index in [1.165, 1.54) is 24.8 Å². The Balaban J connectivity index is 2.13. The molecule has 0 amide bonds. The van der Waals surface area contributed by atoms with E-state index >= 15 is 0 Å². The molecule has 1 saturated carbocycles. The highest BCUT2D eigenvalue weighted by molar-refractivity contribution is 9.10. The van der Waals surface area contributed by atoms with E-state index in [9.17, 15) is 0 Å². The molecule has 2 N–H and O–H groups in total. The van der Waals surface area contributed by atoms with Crippen molar-refractivity contribution in [1.29, 1.82) is 0 Å². The van der Waals surface area contributed by atoms with Crippen molar-refractivity contribution in [3.05, 3.63) is 34.3 Å². The van der Waals surface area contributed by atoms with E-state index in [1.807, 2.05) is 12.1 Å². The second-order valence-corrected chi connectivity index (χ2v) is 5.65.